The van der Waals surface area contributed by atoms with Crippen molar-refractivity contribution in [3.05, 3.63) is 35.1 Å². The Bertz CT molecular complexity index is 451. The lowest BCUT2D eigenvalue weighted by Gasteiger charge is -2.07. The molecule has 6 heteroatoms. The van der Waals surface area contributed by atoms with Crippen LogP contribution in [0.2, 0.25) is 0 Å². The smallest absolute Gasteiger partial charge is 0.313 e. The van der Waals surface area contributed by atoms with Gasteiger partial charge in [0.1, 0.15) is 5.82 Å². The second-order valence-corrected chi connectivity index (χ2v) is 4.72. The van der Waals surface area contributed by atoms with Crippen molar-refractivity contribution >= 4 is 23.6 Å². The van der Waals surface area contributed by atoms with Gasteiger partial charge in [0.2, 0.25) is 0 Å². The number of carbonyl (C=O) groups is 2. The summed E-state index contributed by atoms with van der Waals surface area (Å²) in [4.78, 5) is 22.0. The number of benzene rings is 1. The van der Waals surface area contributed by atoms with Gasteiger partial charge in [-0.05, 0) is 24.6 Å². The highest BCUT2D eigenvalue weighted by atomic mass is 32.2. The Morgan fingerprint density at radius 1 is 1.44 bits per heavy atom. The first-order valence-electron chi connectivity index (χ1n) is 5.35. The van der Waals surface area contributed by atoms with Crippen molar-refractivity contribution in [3.63, 3.8) is 0 Å². The predicted octanol–water partition coefficient (Wildman–Crippen LogP) is 1.68. The van der Waals surface area contributed by atoms with Gasteiger partial charge in [0, 0.05) is 17.9 Å². The first-order chi connectivity index (χ1) is 8.52. The first-order valence-corrected chi connectivity index (χ1v) is 6.50. The minimum absolute atomic E-state index is 0.00879. The zero-order valence-electron chi connectivity index (χ0n) is 9.90. The number of rotatable bonds is 6. The zero-order valence-corrected chi connectivity index (χ0v) is 10.7. The third-order valence-corrected chi connectivity index (χ3v) is 3.21. The van der Waals surface area contributed by atoms with Gasteiger partial charge >= 0.3 is 5.97 Å². The summed E-state index contributed by atoms with van der Waals surface area (Å²) in [6.07, 6.45) is 0. The molecule has 0 aliphatic heterocycles. The number of halogens is 1. The summed E-state index contributed by atoms with van der Waals surface area (Å²) < 4.78 is 13.2. The van der Waals surface area contributed by atoms with Crippen LogP contribution in [-0.2, 0) is 4.79 Å². The molecule has 0 saturated heterocycles. The van der Waals surface area contributed by atoms with E-state index in [1.807, 2.05) is 0 Å². The Hall–Kier alpha value is -1.56. The van der Waals surface area contributed by atoms with Gasteiger partial charge in [-0.2, -0.15) is 0 Å². The van der Waals surface area contributed by atoms with Crippen LogP contribution in [0.5, 0.6) is 0 Å². The van der Waals surface area contributed by atoms with Crippen LogP contribution in [0.4, 0.5) is 4.39 Å². The molecule has 0 unspecified atom stereocenters. The van der Waals surface area contributed by atoms with Gasteiger partial charge in [-0.15, -0.1) is 11.8 Å². The molecular formula is C12H14FNO3S. The van der Waals surface area contributed by atoms with Crippen LogP contribution in [0.25, 0.3) is 0 Å². The van der Waals surface area contributed by atoms with E-state index in [4.69, 9.17) is 5.11 Å². The average molecular weight is 271 g/mol. The number of amides is 1. The Morgan fingerprint density at radius 2 is 2.17 bits per heavy atom. The maximum absolute atomic E-state index is 13.2. The molecule has 0 bridgehead atoms. The topological polar surface area (TPSA) is 66.4 Å². The quantitative estimate of drug-likeness (QED) is 0.773. The molecule has 1 aromatic rings. The maximum Gasteiger partial charge on any atom is 0.313 e. The number of hydrogen-bond donors (Lipinski definition) is 2. The van der Waals surface area contributed by atoms with Crippen LogP contribution < -0.4 is 5.32 Å². The number of carboxylic acids is 1. The summed E-state index contributed by atoms with van der Waals surface area (Å²) in [5.41, 5.74) is 0.617. The Kier molecular flexibility index (Phi) is 5.64. The Balaban J connectivity index is 2.41. The van der Waals surface area contributed by atoms with E-state index in [0.29, 0.717) is 23.4 Å². The van der Waals surface area contributed by atoms with Crippen molar-refractivity contribution in [2.75, 3.05) is 18.1 Å². The number of carbonyl (C=O) groups excluding carboxylic acids is 1. The molecule has 0 aliphatic rings. The molecule has 0 atom stereocenters. The van der Waals surface area contributed by atoms with Crippen LogP contribution in [0, 0.1) is 12.7 Å². The molecule has 0 heterocycles. The third-order valence-electron chi connectivity index (χ3n) is 2.27. The molecule has 98 valence electrons. The van der Waals surface area contributed by atoms with E-state index < -0.39 is 11.8 Å². The van der Waals surface area contributed by atoms with Crippen molar-refractivity contribution in [3.8, 4) is 0 Å². The normalized spacial score (nSPS) is 10.1. The number of aliphatic carboxylic acids is 1. The monoisotopic (exact) mass is 271 g/mol. The number of hydrogen-bond acceptors (Lipinski definition) is 3. The summed E-state index contributed by atoms with van der Waals surface area (Å²) in [6, 6.07) is 4.34. The largest absolute Gasteiger partial charge is 0.481 e. The molecule has 0 spiro atoms. The van der Waals surface area contributed by atoms with E-state index in [2.05, 4.69) is 5.32 Å². The first kappa shape index (κ1) is 14.5. The van der Waals surface area contributed by atoms with Gasteiger partial charge in [0.05, 0.1) is 5.75 Å². The Morgan fingerprint density at radius 3 is 2.83 bits per heavy atom. The van der Waals surface area contributed by atoms with Crippen LogP contribution >= 0.6 is 11.8 Å². The Labute approximate surface area is 109 Å². The highest BCUT2D eigenvalue weighted by molar-refractivity contribution is 7.99. The SMILES string of the molecule is Cc1c(F)cccc1C(=O)NCCSCC(=O)O. The van der Waals surface area contributed by atoms with E-state index in [1.54, 1.807) is 13.0 Å². The lowest BCUT2D eigenvalue weighted by atomic mass is 10.1. The van der Waals surface area contributed by atoms with Gasteiger partial charge in [0.15, 0.2) is 0 Å². The minimum atomic E-state index is -0.882. The second kappa shape index (κ2) is 7.00. The highest BCUT2D eigenvalue weighted by Crippen LogP contribution is 2.11. The van der Waals surface area contributed by atoms with Crippen molar-refractivity contribution < 1.29 is 19.1 Å². The van der Waals surface area contributed by atoms with Crippen LogP contribution in [0.1, 0.15) is 15.9 Å². The molecule has 0 radical (unpaired) electrons. The minimum Gasteiger partial charge on any atom is -0.481 e. The highest BCUT2D eigenvalue weighted by Gasteiger charge is 2.10. The summed E-state index contributed by atoms with van der Waals surface area (Å²) in [7, 11) is 0. The molecule has 18 heavy (non-hydrogen) atoms. The lowest BCUT2D eigenvalue weighted by Crippen LogP contribution is -2.26. The lowest BCUT2D eigenvalue weighted by molar-refractivity contribution is -0.133. The summed E-state index contributed by atoms with van der Waals surface area (Å²) >= 11 is 1.22. The van der Waals surface area contributed by atoms with Gasteiger partial charge in [-0.1, -0.05) is 6.07 Å². The van der Waals surface area contributed by atoms with Gasteiger partial charge < -0.3 is 10.4 Å². The molecule has 0 aliphatic carbocycles. The molecule has 1 amide bonds. The van der Waals surface area contributed by atoms with E-state index in [-0.39, 0.29) is 11.7 Å². The van der Waals surface area contributed by atoms with Crippen molar-refractivity contribution in [2.24, 2.45) is 0 Å². The fourth-order valence-corrected chi connectivity index (χ4v) is 1.91. The number of nitrogens with one attached hydrogen (secondary N) is 1. The van der Waals surface area contributed by atoms with Crippen LogP contribution in [0.3, 0.4) is 0 Å². The molecule has 2 N–H and O–H groups in total. The molecular weight excluding hydrogens is 257 g/mol. The summed E-state index contributed by atoms with van der Waals surface area (Å²) in [5, 5.41) is 11.0. The van der Waals surface area contributed by atoms with E-state index in [0.717, 1.165) is 0 Å². The molecule has 0 saturated carbocycles. The van der Waals surface area contributed by atoms with Crippen molar-refractivity contribution in [1.82, 2.24) is 5.32 Å². The molecule has 1 aromatic carbocycles. The second-order valence-electron chi connectivity index (χ2n) is 3.61. The van der Waals surface area contributed by atoms with Gasteiger partial charge in [0.25, 0.3) is 5.91 Å². The zero-order chi connectivity index (χ0) is 13.5. The molecule has 1 rings (SSSR count). The standard InChI is InChI=1S/C12H14FNO3S/c1-8-9(3-2-4-10(8)13)12(17)14-5-6-18-7-11(15)16/h2-4H,5-7H2,1H3,(H,14,17)(H,15,16). The van der Waals surface area contributed by atoms with E-state index >= 15 is 0 Å². The van der Waals surface area contributed by atoms with E-state index in [9.17, 15) is 14.0 Å². The molecule has 0 aromatic heterocycles. The fourth-order valence-electron chi connectivity index (χ4n) is 1.34. The van der Waals surface area contributed by atoms with Gasteiger partial charge in [-0.3, -0.25) is 9.59 Å². The van der Waals surface area contributed by atoms with Crippen molar-refractivity contribution in [1.29, 1.82) is 0 Å². The predicted molar refractivity (Wildman–Crippen MR) is 68.4 cm³/mol. The van der Waals surface area contributed by atoms with Crippen molar-refractivity contribution in [2.45, 2.75) is 6.92 Å². The molecule has 4 nitrogen and oxygen atoms in total. The van der Waals surface area contributed by atoms with Crippen LogP contribution in [-0.4, -0.2) is 35.0 Å². The third kappa shape index (κ3) is 4.37. The van der Waals surface area contributed by atoms with Gasteiger partial charge in [-0.25, -0.2) is 4.39 Å². The number of thioether (sulfide) groups is 1. The molecule has 0 fully saturated rings. The fraction of sp³-hybridized carbons (Fsp3) is 0.333. The summed E-state index contributed by atoms with van der Waals surface area (Å²) in [6.45, 7) is 1.90. The van der Waals surface area contributed by atoms with Crippen LogP contribution in [0.15, 0.2) is 18.2 Å². The van der Waals surface area contributed by atoms with E-state index in [1.165, 1.54) is 23.9 Å². The number of carboxylic acid groups (broad SMARTS) is 1. The summed E-state index contributed by atoms with van der Waals surface area (Å²) in [5.74, 6) is -1.13. The average Bonchev–Trinajstić information content (AvgIpc) is 2.31. The maximum atomic E-state index is 13.2.